The van der Waals surface area contributed by atoms with Crippen molar-refractivity contribution in [1.29, 1.82) is 0 Å². The molecule has 0 saturated heterocycles. The van der Waals surface area contributed by atoms with E-state index < -0.39 is 6.29 Å². The largest absolute Gasteiger partial charge is 0.618 e. The maximum atomic E-state index is 14.0. The Labute approximate surface area is 154 Å². The molecule has 1 aromatic heterocycles. The SMILES string of the molecule is [O-][n+]1ccccc1SCc1cc(F)cc2c1O[C@@H](c1ccccc1)OC2. The van der Waals surface area contributed by atoms with Crippen molar-refractivity contribution >= 4 is 11.8 Å². The fourth-order valence-electron chi connectivity index (χ4n) is 2.83. The first-order chi connectivity index (χ1) is 12.7. The van der Waals surface area contributed by atoms with Crippen molar-refractivity contribution in [3.63, 3.8) is 0 Å². The Kier molecular flexibility index (Phi) is 4.77. The van der Waals surface area contributed by atoms with E-state index in [4.69, 9.17) is 9.47 Å². The predicted molar refractivity (Wildman–Crippen MR) is 96.0 cm³/mol. The standard InChI is InChI=1S/C20H16FNO3S/c21-17-10-15-12-24-20(14-6-2-1-3-7-14)25-19(15)16(11-17)13-26-18-8-4-5-9-22(18)23/h1-11,20H,12-13H2/t20-/m0/s1. The Bertz CT molecular complexity index is 920. The molecule has 0 aliphatic carbocycles. The molecule has 1 atom stereocenters. The lowest BCUT2D eigenvalue weighted by molar-refractivity contribution is -0.645. The van der Waals surface area contributed by atoms with E-state index in [-0.39, 0.29) is 12.4 Å². The summed E-state index contributed by atoms with van der Waals surface area (Å²) in [4.78, 5) is 0. The van der Waals surface area contributed by atoms with E-state index in [9.17, 15) is 9.60 Å². The second-order valence-corrected chi connectivity index (χ2v) is 6.87. The van der Waals surface area contributed by atoms with Gasteiger partial charge in [-0.15, -0.1) is 0 Å². The van der Waals surface area contributed by atoms with E-state index in [0.717, 1.165) is 10.3 Å². The van der Waals surface area contributed by atoms with E-state index in [0.29, 0.717) is 27.7 Å². The fourth-order valence-corrected chi connectivity index (χ4v) is 3.72. The van der Waals surface area contributed by atoms with Gasteiger partial charge in [0.1, 0.15) is 11.6 Å². The quantitative estimate of drug-likeness (QED) is 0.389. The summed E-state index contributed by atoms with van der Waals surface area (Å²) < 4.78 is 26.6. The number of hydrogen-bond donors (Lipinski definition) is 0. The highest BCUT2D eigenvalue weighted by Gasteiger charge is 2.25. The fraction of sp³-hybridized carbons (Fsp3) is 0.150. The van der Waals surface area contributed by atoms with Crippen molar-refractivity contribution < 1.29 is 18.6 Å². The summed E-state index contributed by atoms with van der Waals surface area (Å²) in [6, 6.07) is 17.7. The molecule has 0 saturated carbocycles. The first-order valence-electron chi connectivity index (χ1n) is 8.16. The van der Waals surface area contributed by atoms with E-state index >= 15 is 0 Å². The molecule has 0 unspecified atom stereocenters. The molecule has 1 aliphatic heterocycles. The number of nitrogens with zero attached hydrogens (tertiary/aromatic N) is 1. The molecule has 0 spiro atoms. The summed E-state index contributed by atoms with van der Waals surface area (Å²) in [6.07, 6.45) is 0.915. The van der Waals surface area contributed by atoms with Gasteiger partial charge in [0.2, 0.25) is 6.29 Å². The summed E-state index contributed by atoms with van der Waals surface area (Å²) in [6.45, 7) is 0.275. The highest BCUT2D eigenvalue weighted by Crippen LogP contribution is 2.38. The van der Waals surface area contributed by atoms with Crippen molar-refractivity contribution in [2.75, 3.05) is 0 Å². The maximum Gasteiger partial charge on any atom is 0.251 e. The number of aromatic nitrogens is 1. The Morgan fingerprint density at radius 1 is 1.12 bits per heavy atom. The van der Waals surface area contributed by atoms with Gasteiger partial charge in [0.15, 0.2) is 6.20 Å². The van der Waals surface area contributed by atoms with Gasteiger partial charge in [0.25, 0.3) is 5.03 Å². The average Bonchev–Trinajstić information content (AvgIpc) is 2.67. The molecule has 4 nitrogen and oxygen atoms in total. The summed E-state index contributed by atoms with van der Waals surface area (Å²) in [5.41, 5.74) is 2.29. The molecule has 3 aromatic rings. The molecule has 0 N–H and O–H groups in total. The normalized spacial score (nSPS) is 16.0. The molecule has 0 radical (unpaired) electrons. The average molecular weight is 369 g/mol. The zero-order valence-corrected chi connectivity index (χ0v) is 14.6. The molecule has 132 valence electrons. The summed E-state index contributed by atoms with van der Waals surface area (Å²) >= 11 is 1.34. The number of hydrogen-bond acceptors (Lipinski definition) is 4. The number of thioether (sulfide) groups is 1. The number of fused-ring (bicyclic) bond motifs is 1. The number of pyridine rings is 1. The van der Waals surface area contributed by atoms with Crippen LogP contribution in [0.2, 0.25) is 0 Å². The lowest BCUT2D eigenvalue weighted by atomic mass is 10.1. The summed E-state index contributed by atoms with van der Waals surface area (Å²) in [7, 11) is 0. The van der Waals surface area contributed by atoms with Crippen LogP contribution in [0.4, 0.5) is 4.39 Å². The van der Waals surface area contributed by atoms with Gasteiger partial charge in [-0.3, -0.25) is 0 Å². The van der Waals surface area contributed by atoms with Crippen molar-refractivity contribution in [2.24, 2.45) is 0 Å². The topological polar surface area (TPSA) is 45.4 Å². The van der Waals surface area contributed by atoms with Crippen LogP contribution in [-0.4, -0.2) is 0 Å². The molecule has 26 heavy (non-hydrogen) atoms. The van der Waals surface area contributed by atoms with Crippen LogP contribution in [0.25, 0.3) is 0 Å². The van der Waals surface area contributed by atoms with Gasteiger partial charge < -0.3 is 14.7 Å². The molecule has 0 amide bonds. The molecular formula is C20H16FNO3S. The van der Waals surface area contributed by atoms with Crippen molar-refractivity contribution in [3.05, 3.63) is 94.6 Å². The third-order valence-corrected chi connectivity index (χ3v) is 5.13. The smallest absolute Gasteiger partial charge is 0.251 e. The summed E-state index contributed by atoms with van der Waals surface area (Å²) in [5, 5.41) is 12.4. The van der Waals surface area contributed by atoms with E-state index in [2.05, 4.69) is 0 Å². The maximum absolute atomic E-state index is 14.0. The molecule has 6 heteroatoms. The predicted octanol–water partition coefficient (Wildman–Crippen LogP) is 4.36. The van der Waals surface area contributed by atoms with E-state index in [1.54, 1.807) is 18.2 Å². The lowest BCUT2D eigenvalue weighted by Crippen LogP contribution is -2.27. The molecule has 4 rings (SSSR count). The van der Waals surface area contributed by atoms with Crippen LogP contribution >= 0.6 is 11.8 Å². The van der Waals surface area contributed by atoms with Crippen LogP contribution in [0.5, 0.6) is 5.75 Å². The van der Waals surface area contributed by atoms with Crippen LogP contribution < -0.4 is 9.47 Å². The van der Waals surface area contributed by atoms with Gasteiger partial charge in [-0.2, -0.15) is 4.73 Å². The Morgan fingerprint density at radius 2 is 1.92 bits per heavy atom. The van der Waals surface area contributed by atoms with Crippen molar-refractivity contribution in [2.45, 2.75) is 23.7 Å². The third kappa shape index (κ3) is 3.52. The van der Waals surface area contributed by atoms with Gasteiger partial charge in [0, 0.05) is 34.6 Å². The summed E-state index contributed by atoms with van der Waals surface area (Å²) in [5.74, 6) is 0.716. The van der Waals surface area contributed by atoms with E-state index in [1.165, 1.54) is 30.1 Å². The molecule has 0 fully saturated rings. The van der Waals surface area contributed by atoms with Gasteiger partial charge >= 0.3 is 0 Å². The highest BCUT2D eigenvalue weighted by atomic mass is 32.2. The Balaban J connectivity index is 1.60. The van der Waals surface area contributed by atoms with Crippen LogP contribution in [0, 0.1) is 11.0 Å². The first-order valence-corrected chi connectivity index (χ1v) is 9.15. The van der Waals surface area contributed by atoms with E-state index in [1.807, 2.05) is 30.3 Å². The third-order valence-electron chi connectivity index (χ3n) is 4.06. The number of halogens is 1. The zero-order valence-electron chi connectivity index (χ0n) is 13.8. The van der Waals surface area contributed by atoms with Crippen LogP contribution in [0.1, 0.15) is 23.0 Å². The van der Waals surface area contributed by atoms with Crippen molar-refractivity contribution in [1.82, 2.24) is 0 Å². The molecule has 2 heterocycles. The van der Waals surface area contributed by atoms with Gasteiger partial charge in [-0.05, 0) is 18.2 Å². The van der Waals surface area contributed by atoms with Crippen molar-refractivity contribution in [3.8, 4) is 5.75 Å². The second-order valence-electron chi connectivity index (χ2n) is 5.88. The number of rotatable bonds is 4. The molecular weight excluding hydrogens is 353 g/mol. The minimum absolute atomic E-state index is 0.275. The zero-order chi connectivity index (χ0) is 17.9. The first kappa shape index (κ1) is 16.9. The molecule has 2 aromatic carbocycles. The van der Waals surface area contributed by atoms with Crippen LogP contribution in [-0.2, 0) is 17.1 Å². The Morgan fingerprint density at radius 3 is 2.73 bits per heavy atom. The second kappa shape index (κ2) is 7.35. The van der Waals surface area contributed by atoms with Crippen LogP contribution in [0.3, 0.4) is 0 Å². The Hall–Kier alpha value is -2.57. The molecule has 0 bridgehead atoms. The minimum atomic E-state index is -0.529. The lowest BCUT2D eigenvalue weighted by Gasteiger charge is -2.28. The molecule has 1 aliphatic rings. The minimum Gasteiger partial charge on any atom is -0.618 e. The van der Waals surface area contributed by atoms with Gasteiger partial charge in [0.05, 0.1) is 6.61 Å². The van der Waals surface area contributed by atoms with Crippen LogP contribution in [0.15, 0.2) is 71.9 Å². The number of benzene rings is 2. The highest BCUT2D eigenvalue weighted by molar-refractivity contribution is 7.98. The van der Waals surface area contributed by atoms with Gasteiger partial charge in [-0.1, -0.05) is 42.1 Å². The number of ether oxygens (including phenoxy) is 2. The van der Waals surface area contributed by atoms with Gasteiger partial charge in [-0.25, -0.2) is 4.39 Å². The monoisotopic (exact) mass is 369 g/mol.